The van der Waals surface area contributed by atoms with E-state index in [1.807, 2.05) is 6.07 Å². The molecule has 0 radical (unpaired) electrons. The van der Waals surface area contributed by atoms with E-state index in [1.165, 1.54) is 11.3 Å². The van der Waals surface area contributed by atoms with Crippen LogP contribution in [0, 0.1) is 0 Å². The van der Waals surface area contributed by atoms with E-state index in [0.29, 0.717) is 11.2 Å². The zero-order valence-corrected chi connectivity index (χ0v) is 12.0. The van der Waals surface area contributed by atoms with Gasteiger partial charge in [0.25, 0.3) is 5.56 Å². The molecular formula is C11H12BrN3O2S. The van der Waals surface area contributed by atoms with Gasteiger partial charge in [-0.05, 0) is 22.0 Å². The molecule has 0 aliphatic carbocycles. The Kier molecular flexibility index (Phi) is 3.47. The van der Waals surface area contributed by atoms with Crippen LogP contribution >= 0.6 is 27.3 Å². The molecule has 96 valence electrons. The number of nitrogens with zero attached hydrogens (tertiary/aromatic N) is 2. The minimum atomic E-state index is -0.0565. The Morgan fingerprint density at radius 2 is 2.28 bits per heavy atom. The molecule has 3 rings (SSSR count). The van der Waals surface area contributed by atoms with Crippen LogP contribution in [0.5, 0.6) is 0 Å². The van der Waals surface area contributed by atoms with Crippen LogP contribution < -0.4 is 5.56 Å². The molecular weight excluding hydrogens is 318 g/mol. The molecule has 1 saturated heterocycles. The number of morpholine rings is 1. The summed E-state index contributed by atoms with van der Waals surface area (Å²) in [6, 6.07) is 1.89. The highest BCUT2D eigenvalue weighted by Crippen LogP contribution is 2.25. The Morgan fingerprint density at radius 3 is 3.06 bits per heavy atom. The van der Waals surface area contributed by atoms with Gasteiger partial charge >= 0.3 is 0 Å². The van der Waals surface area contributed by atoms with E-state index in [0.717, 1.165) is 41.4 Å². The molecule has 0 atom stereocenters. The van der Waals surface area contributed by atoms with Crippen molar-refractivity contribution < 1.29 is 4.74 Å². The van der Waals surface area contributed by atoms with Crippen molar-refractivity contribution in [3.63, 3.8) is 0 Å². The Bertz CT molecular complexity index is 618. The van der Waals surface area contributed by atoms with Crippen molar-refractivity contribution >= 4 is 37.5 Å². The van der Waals surface area contributed by atoms with Crippen LogP contribution in [-0.4, -0.2) is 41.2 Å². The summed E-state index contributed by atoms with van der Waals surface area (Å²) in [4.78, 5) is 21.5. The summed E-state index contributed by atoms with van der Waals surface area (Å²) < 4.78 is 6.90. The van der Waals surface area contributed by atoms with E-state index in [9.17, 15) is 4.79 Å². The molecule has 5 nitrogen and oxygen atoms in total. The van der Waals surface area contributed by atoms with E-state index in [4.69, 9.17) is 4.74 Å². The minimum absolute atomic E-state index is 0.0565. The SMILES string of the molecule is O=c1[nH]c(CN2CCOCC2)nc2cc(Br)sc12. The first-order valence-corrected chi connectivity index (χ1v) is 7.32. The summed E-state index contributed by atoms with van der Waals surface area (Å²) in [6.07, 6.45) is 0. The van der Waals surface area contributed by atoms with Gasteiger partial charge in [-0.2, -0.15) is 0 Å². The van der Waals surface area contributed by atoms with Crippen molar-refractivity contribution in [2.24, 2.45) is 0 Å². The number of aromatic nitrogens is 2. The number of nitrogens with one attached hydrogen (secondary N) is 1. The Balaban J connectivity index is 1.89. The maximum Gasteiger partial charge on any atom is 0.268 e. The summed E-state index contributed by atoms with van der Waals surface area (Å²) >= 11 is 4.79. The number of thiophene rings is 1. The molecule has 0 bridgehead atoms. The van der Waals surface area contributed by atoms with E-state index in [2.05, 4.69) is 30.8 Å². The fourth-order valence-electron chi connectivity index (χ4n) is 2.01. The maximum absolute atomic E-state index is 11.9. The lowest BCUT2D eigenvalue weighted by Crippen LogP contribution is -2.36. The highest BCUT2D eigenvalue weighted by molar-refractivity contribution is 9.11. The van der Waals surface area contributed by atoms with Crippen molar-refractivity contribution in [3.8, 4) is 0 Å². The number of halogens is 1. The van der Waals surface area contributed by atoms with Crippen LogP contribution in [0.4, 0.5) is 0 Å². The maximum atomic E-state index is 11.9. The Morgan fingerprint density at radius 1 is 1.50 bits per heavy atom. The standard InChI is InChI=1S/C11H12BrN3O2S/c12-8-5-7-10(18-8)11(16)14-9(13-7)6-15-1-3-17-4-2-15/h5H,1-4,6H2,(H,13,14,16). The molecule has 0 amide bonds. The van der Waals surface area contributed by atoms with Gasteiger partial charge in [0.05, 0.1) is 29.1 Å². The second-order valence-electron chi connectivity index (χ2n) is 4.17. The van der Waals surface area contributed by atoms with Gasteiger partial charge in [0, 0.05) is 13.1 Å². The summed E-state index contributed by atoms with van der Waals surface area (Å²) in [5.41, 5.74) is 0.706. The van der Waals surface area contributed by atoms with Crippen LogP contribution in [0.25, 0.3) is 10.2 Å². The third-order valence-electron chi connectivity index (χ3n) is 2.88. The lowest BCUT2D eigenvalue weighted by molar-refractivity contribution is 0.0331. The third-order valence-corrected chi connectivity index (χ3v) is 4.50. The highest BCUT2D eigenvalue weighted by Gasteiger charge is 2.13. The molecule has 1 fully saturated rings. The molecule has 1 aliphatic rings. The van der Waals surface area contributed by atoms with Gasteiger partial charge in [0.1, 0.15) is 10.5 Å². The molecule has 1 N–H and O–H groups in total. The molecule has 0 aromatic carbocycles. The molecule has 2 aromatic rings. The van der Waals surface area contributed by atoms with Crippen molar-refractivity contribution in [1.29, 1.82) is 0 Å². The average molecular weight is 330 g/mol. The molecule has 2 aromatic heterocycles. The number of hydrogen-bond donors (Lipinski definition) is 1. The lowest BCUT2D eigenvalue weighted by Gasteiger charge is -2.25. The molecule has 0 spiro atoms. The molecule has 3 heterocycles. The fourth-order valence-corrected chi connectivity index (χ4v) is 3.43. The van der Waals surface area contributed by atoms with E-state index < -0.39 is 0 Å². The normalized spacial score (nSPS) is 17.4. The quantitative estimate of drug-likeness (QED) is 0.908. The molecule has 7 heteroatoms. The first-order valence-electron chi connectivity index (χ1n) is 5.71. The predicted molar refractivity (Wildman–Crippen MR) is 74.0 cm³/mol. The van der Waals surface area contributed by atoms with Gasteiger partial charge in [-0.25, -0.2) is 4.98 Å². The minimum Gasteiger partial charge on any atom is -0.379 e. The number of rotatable bonds is 2. The predicted octanol–water partition coefficient (Wildman–Crippen LogP) is 1.58. The summed E-state index contributed by atoms with van der Waals surface area (Å²) in [7, 11) is 0. The van der Waals surface area contributed by atoms with Crippen LogP contribution in [0.15, 0.2) is 14.6 Å². The molecule has 18 heavy (non-hydrogen) atoms. The molecule has 0 unspecified atom stereocenters. The topological polar surface area (TPSA) is 58.2 Å². The first-order chi connectivity index (χ1) is 8.72. The number of aromatic amines is 1. The van der Waals surface area contributed by atoms with E-state index in [1.54, 1.807) is 0 Å². The van der Waals surface area contributed by atoms with Crippen molar-refractivity contribution in [2.75, 3.05) is 26.3 Å². The van der Waals surface area contributed by atoms with Crippen LogP contribution in [-0.2, 0) is 11.3 Å². The smallest absolute Gasteiger partial charge is 0.268 e. The summed E-state index contributed by atoms with van der Waals surface area (Å²) in [5.74, 6) is 0.722. The van der Waals surface area contributed by atoms with Crippen LogP contribution in [0.3, 0.4) is 0 Å². The van der Waals surface area contributed by atoms with Crippen molar-refractivity contribution in [2.45, 2.75) is 6.54 Å². The average Bonchev–Trinajstić information content (AvgIpc) is 2.72. The van der Waals surface area contributed by atoms with E-state index >= 15 is 0 Å². The zero-order chi connectivity index (χ0) is 12.5. The number of ether oxygens (including phenoxy) is 1. The van der Waals surface area contributed by atoms with Gasteiger partial charge in [-0.3, -0.25) is 9.69 Å². The monoisotopic (exact) mass is 329 g/mol. The number of H-pyrrole nitrogens is 1. The third kappa shape index (κ3) is 2.49. The largest absolute Gasteiger partial charge is 0.379 e. The second-order valence-corrected chi connectivity index (χ2v) is 6.60. The highest BCUT2D eigenvalue weighted by atomic mass is 79.9. The Hall–Kier alpha value is -0.760. The fraction of sp³-hybridized carbons (Fsp3) is 0.455. The number of hydrogen-bond acceptors (Lipinski definition) is 5. The van der Waals surface area contributed by atoms with Crippen LogP contribution in [0.2, 0.25) is 0 Å². The van der Waals surface area contributed by atoms with Gasteiger partial charge in [0.2, 0.25) is 0 Å². The first kappa shape index (κ1) is 12.3. The molecule has 1 aliphatic heterocycles. The lowest BCUT2D eigenvalue weighted by atomic mass is 10.4. The summed E-state index contributed by atoms with van der Waals surface area (Å²) in [6.45, 7) is 3.93. The van der Waals surface area contributed by atoms with Crippen LogP contribution in [0.1, 0.15) is 5.82 Å². The van der Waals surface area contributed by atoms with Gasteiger partial charge in [0.15, 0.2) is 0 Å². The van der Waals surface area contributed by atoms with E-state index in [-0.39, 0.29) is 5.56 Å². The zero-order valence-electron chi connectivity index (χ0n) is 9.61. The van der Waals surface area contributed by atoms with Crippen molar-refractivity contribution in [1.82, 2.24) is 14.9 Å². The Labute approximate surface area is 116 Å². The van der Waals surface area contributed by atoms with Crippen molar-refractivity contribution in [3.05, 3.63) is 26.0 Å². The van der Waals surface area contributed by atoms with Gasteiger partial charge in [-0.1, -0.05) is 0 Å². The second kappa shape index (κ2) is 5.08. The molecule has 0 saturated carbocycles. The number of fused-ring (bicyclic) bond motifs is 1. The summed E-state index contributed by atoms with van der Waals surface area (Å²) in [5, 5.41) is 0. The van der Waals surface area contributed by atoms with Gasteiger partial charge in [-0.15, -0.1) is 11.3 Å². The van der Waals surface area contributed by atoms with Gasteiger partial charge < -0.3 is 9.72 Å².